The summed E-state index contributed by atoms with van der Waals surface area (Å²) in [4.78, 5) is 12.5. The fourth-order valence-electron chi connectivity index (χ4n) is 2.88. The Balaban J connectivity index is 1.84. The minimum absolute atomic E-state index is 0.231. The molecule has 0 bridgehead atoms. The molecule has 0 aliphatic heterocycles. The Morgan fingerprint density at radius 3 is 2.64 bits per heavy atom. The first-order chi connectivity index (χ1) is 11.8. The molecule has 1 N–H and O–H groups in total. The summed E-state index contributed by atoms with van der Waals surface area (Å²) in [5.74, 6) is 0.763. The molecule has 3 aromatic rings. The molecule has 1 amide bonds. The molecule has 0 aliphatic carbocycles. The zero-order valence-electron chi connectivity index (χ0n) is 14.7. The molecule has 1 aromatic carbocycles. The van der Waals surface area contributed by atoms with Crippen LogP contribution in [-0.4, -0.2) is 15.7 Å². The molecular formula is C19H20FN3O2. The largest absolute Gasteiger partial charge is 0.466 e. The van der Waals surface area contributed by atoms with E-state index in [2.05, 4.69) is 10.4 Å². The smallest absolute Gasteiger partial charge is 0.259 e. The number of rotatable bonds is 4. The Hall–Kier alpha value is -2.89. The van der Waals surface area contributed by atoms with Gasteiger partial charge in [-0.2, -0.15) is 5.10 Å². The van der Waals surface area contributed by atoms with E-state index in [1.165, 1.54) is 12.1 Å². The molecule has 0 radical (unpaired) electrons. The van der Waals surface area contributed by atoms with Crippen LogP contribution in [-0.2, 0) is 6.54 Å². The van der Waals surface area contributed by atoms with Crippen LogP contribution < -0.4 is 5.32 Å². The molecule has 2 aromatic heterocycles. The third-order valence-electron chi connectivity index (χ3n) is 4.13. The minimum atomic E-state index is -0.279. The van der Waals surface area contributed by atoms with Gasteiger partial charge < -0.3 is 9.73 Å². The highest BCUT2D eigenvalue weighted by Crippen LogP contribution is 2.23. The number of nitrogens with one attached hydrogen (secondary N) is 1. The summed E-state index contributed by atoms with van der Waals surface area (Å²) in [5, 5.41) is 7.38. The number of carbonyl (C=O) groups excluding carboxylic acids is 1. The second kappa shape index (κ2) is 6.55. The first-order valence-corrected chi connectivity index (χ1v) is 8.02. The number of nitrogens with zero attached hydrogens (tertiary/aromatic N) is 2. The van der Waals surface area contributed by atoms with Crippen molar-refractivity contribution in [1.29, 1.82) is 0 Å². The van der Waals surface area contributed by atoms with Crippen LogP contribution >= 0.6 is 0 Å². The van der Waals surface area contributed by atoms with Gasteiger partial charge in [0.05, 0.1) is 29.2 Å². The van der Waals surface area contributed by atoms with Gasteiger partial charge in [0.2, 0.25) is 0 Å². The van der Waals surface area contributed by atoms with Crippen molar-refractivity contribution < 1.29 is 13.6 Å². The second-order valence-corrected chi connectivity index (χ2v) is 6.11. The number of amides is 1. The molecule has 0 atom stereocenters. The van der Waals surface area contributed by atoms with E-state index >= 15 is 0 Å². The van der Waals surface area contributed by atoms with Crippen molar-refractivity contribution in [2.75, 3.05) is 5.32 Å². The maximum absolute atomic E-state index is 13.4. The number of hydrogen-bond acceptors (Lipinski definition) is 3. The molecule has 0 spiro atoms. The third kappa shape index (κ3) is 3.47. The van der Waals surface area contributed by atoms with Gasteiger partial charge in [0, 0.05) is 0 Å². The average molecular weight is 341 g/mol. The standard InChI is InChI=1S/C19H20FN3O2/c1-11-8-17(14(4)25-11)19(24)21-18-12(2)22-23(13(18)3)10-15-6-5-7-16(20)9-15/h5-9H,10H2,1-4H3,(H,21,24). The Morgan fingerprint density at radius 2 is 2.00 bits per heavy atom. The molecule has 3 rings (SSSR count). The van der Waals surface area contributed by atoms with Gasteiger partial charge in [0.15, 0.2) is 0 Å². The molecule has 0 aliphatic rings. The van der Waals surface area contributed by atoms with Crippen LogP contribution in [0.1, 0.15) is 38.8 Å². The molecule has 0 fully saturated rings. The van der Waals surface area contributed by atoms with Crippen LogP contribution in [0.15, 0.2) is 34.7 Å². The molecule has 5 nitrogen and oxygen atoms in total. The fourth-order valence-corrected chi connectivity index (χ4v) is 2.88. The van der Waals surface area contributed by atoms with Crippen molar-refractivity contribution in [2.45, 2.75) is 34.2 Å². The monoisotopic (exact) mass is 341 g/mol. The number of furan rings is 1. The Bertz CT molecular complexity index is 940. The van der Waals surface area contributed by atoms with E-state index in [0.29, 0.717) is 35.0 Å². The lowest BCUT2D eigenvalue weighted by molar-refractivity contribution is 0.102. The van der Waals surface area contributed by atoms with Crippen LogP contribution in [0.4, 0.5) is 10.1 Å². The number of benzene rings is 1. The van der Waals surface area contributed by atoms with E-state index in [1.807, 2.05) is 19.9 Å². The number of aryl methyl sites for hydroxylation is 3. The maximum Gasteiger partial charge on any atom is 0.259 e. The van der Waals surface area contributed by atoms with Gasteiger partial charge in [-0.15, -0.1) is 0 Å². The fraction of sp³-hybridized carbons (Fsp3) is 0.263. The van der Waals surface area contributed by atoms with Crippen molar-refractivity contribution in [2.24, 2.45) is 0 Å². The van der Waals surface area contributed by atoms with Crippen molar-refractivity contribution in [3.05, 3.63) is 70.2 Å². The maximum atomic E-state index is 13.4. The minimum Gasteiger partial charge on any atom is -0.466 e. The van der Waals surface area contributed by atoms with Gasteiger partial charge >= 0.3 is 0 Å². The van der Waals surface area contributed by atoms with E-state index in [9.17, 15) is 9.18 Å². The van der Waals surface area contributed by atoms with Gasteiger partial charge in [0.1, 0.15) is 17.3 Å². The van der Waals surface area contributed by atoms with Crippen molar-refractivity contribution in [3.8, 4) is 0 Å². The van der Waals surface area contributed by atoms with Crippen LogP contribution in [0.3, 0.4) is 0 Å². The van der Waals surface area contributed by atoms with Crippen LogP contribution in [0.25, 0.3) is 0 Å². The lowest BCUT2D eigenvalue weighted by Gasteiger charge is -2.07. The molecule has 0 saturated heterocycles. The van der Waals surface area contributed by atoms with Crippen LogP contribution in [0, 0.1) is 33.5 Å². The SMILES string of the molecule is Cc1cc(C(=O)Nc2c(C)nn(Cc3cccc(F)c3)c2C)c(C)o1. The zero-order valence-corrected chi connectivity index (χ0v) is 14.7. The molecule has 130 valence electrons. The van der Waals surface area contributed by atoms with Gasteiger partial charge in [0.25, 0.3) is 5.91 Å². The molecular weight excluding hydrogens is 321 g/mol. The number of carbonyl (C=O) groups is 1. The van der Waals surface area contributed by atoms with Gasteiger partial charge in [-0.3, -0.25) is 9.48 Å². The summed E-state index contributed by atoms with van der Waals surface area (Å²) in [6, 6.07) is 8.11. The van der Waals surface area contributed by atoms with E-state index in [-0.39, 0.29) is 11.7 Å². The summed E-state index contributed by atoms with van der Waals surface area (Å²) >= 11 is 0. The molecule has 2 heterocycles. The Kier molecular flexibility index (Phi) is 4.44. The lowest BCUT2D eigenvalue weighted by Crippen LogP contribution is -2.13. The van der Waals surface area contributed by atoms with E-state index in [0.717, 1.165) is 11.3 Å². The quantitative estimate of drug-likeness (QED) is 0.775. The highest BCUT2D eigenvalue weighted by Gasteiger charge is 2.18. The molecule has 25 heavy (non-hydrogen) atoms. The Morgan fingerprint density at radius 1 is 1.24 bits per heavy atom. The second-order valence-electron chi connectivity index (χ2n) is 6.11. The average Bonchev–Trinajstić information content (AvgIpc) is 3.01. The first-order valence-electron chi connectivity index (χ1n) is 8.02. The lowest BCUT2D eigenvalue weighted by atomic mass is 10.2. The van der Waals surface area contributed by atoms with E-state index in [4.69, 9.17) is 4.42 Å². The summed E-state index contributed by atoms with van der Waals surface area (Å²) < 4.78 is 20.5. The summed E-state index contributed by atoms with van der Waals surface area (Å²) in [7, 11) is 0. The van der Waals surface area contributed by atoms with E-state index in [1.54, 1.807) is 30.7 Å². The summed E-state index contributed by atoms with van der Waals surface area (Å²) in [6.07, 6.45) is 0. The summed E-state index contributed by atoms with van der Waals surface area (Å²) in [6.45, 7) is 7.71. The van der Waals surface area contributed by atoms with Crippen molar-refractivity contribution in [1.82, 2.24) is 9.78 Å². The topological polar surface area (TPSA) is 60.1 Å². The summed E-state index contributed by atoms with van der Waals surface area (Å²) in [5.41, 5.74) is 3.51. The third-order valence-corrected chi connectivity index (χ3v) is 4.13. The molecule has 0 unspecified atom stereocenters. The zero-order chi connectivity index (χ0) is 18.1. The molecule has 0 saturated carbocycles. The highest BCUT2D eigenvalue weighted by molar-refractivity contribution is 6.05. The van der Waals surface area contributed by atoms with Crippen LogP contribution in [0.2, 0.25) is 0 Å². The highest BCUT2D eigenvalue weighted by atomic mass is 19.1. The first kappa shape index (κ1) is 17.0. The van der Waals surface area contributed by atoms with Crippen LogP contribution in [0.5, 0.6) is 0 Å². The molecule has 6 heteroatoms. The number of anilines is 1. The Labute approximate surface area is 145 Å². The van der Waals surface area contributed by atoms with Gasteiger partial charge in [-0.05, 0) is 51.5 Å². The normalized spacial score (nSPS) is 10.9. The van der Waals surface area contributed by atoms with Gasteiger partial charge in [-0.25, -0.2) is 4.39 Å². The van der Waals surface area contributed by atoms with Crippen molar-refractivity contribution >= 4 is 11.6 Å². The predicted octanol–water partition coefficient (Wildman–Crippen LogP) is 4.15. The number of hydrogen-bond donors (Lipinski definition) is 1. The van der Waals surface area contributed by atoms with E-state index < -0.39 is 0 Å². The number of aromatic nitrogens is 2. The van der Waals surface area contributed by atoms with Gasteiger partial charge in [-0.1, -0.05) is 12.1 Å². The van der Waals surface area contributed by atoms with Crippen molar-refractivity contribution in [3.63, 3.8) is 0 Å². The number of halogens is 1. The predicted molar refractivity (Wildman–Crippen MR) is 93.3 cm³/mol.